The zero-order chi connectivity index (χ0) is 20.8. The minimum atomic E-state index is -3.32. The Morgan fingerprint density at radius 3 is 2.48 bits per heavy atom. The van der Waals surface area contributed by atoms with Gasteiger partial charge in [-0.3, -0.25) is 19.3 Å². The molecule has 1 saturated carbocycles. The maximum absolute atomic E-state index is 12.5. The predicted octanol–water partition coefficient (Wildman–Crippen LogP) is 2.20. The molecule has 2 heterocycles. The van der Waals surface area contributed by atoms with E-state index in [1.165, 1.54) is 28.4 Å². The van der Waals surface area contributed by atoms with Gasteiger partial charge in [0.15, 0.2) is 15.0 Å². The van der Waals surface area contributed by atoms with Crippen molar-refractivity contribution < 1.29 is 22.8 Å². The standard InChI is InChI=1S/C19H21N3O5S2/c1-29(26,27)11-6-7-14-15(10-11)28-19(20-14)21-16(23)8-9-22-17(24)12-4-2-3-5-13(12)18(22)25/h6-7,10,12-13H,2-5,8-9H2,1H3,(H,20,21,23)/t12-,13-/m1/s1. The smallest absolute Gasteiger partial charge is 0.233 e. The highest BCUT2D eigenvalue weighted by Crippen LogP contribution is 2.38. The molecule has 154 valence electrons. The molecule has 0 unspecified atom stereocenters. The topological polar surface area (TPSA) is 114 Å². The van der Waals surface area contributed by atoms with E-state index in [1.807, 2.05) is 0 Å². The molecule has 0 bridgehead atoms. The van der Waals surface area contributed by atoms with E-state index in [1.54, 1.807) is 6.07 Å². The van der Waals surface area contributed by atoms with E-state index in [0.717, 1.165) is 31.9 Å². The zero-order valence-electron chi connectivity index (χ0n) is 15.9. The Balaban J connectivity index is 1.40. The second-order valence-electron chi connectivity index (χ2n) is 7.54. The highest BCUT2D eigenvalue weighted by molar-refractivity contribution is 7.90. The number of nitrogens with one attached hydrogen (secondary N) is 1. The molecule has 2 aromatic rings. The third-order valence-electron chi connectivity index (χ3n) is 5.53. The lowest BCUT2D eigenvalue weighted by Crippen LogP contribution is -2.34. The lowest BCUT2D eigenvalue weighted by Gasteiger charge is -2.19. The molecule has 1 aromatic heterocycles. The lowest BCUT2D eigenvalue weighted by molar-refractivity contribution is -0.140. The third-order valence-corrected chi connectivity index (χ3v) is 7.57. The second kappa shape index (κ2) is 7.49. The first-order valence-electron chi connectivity index (χ1n) is 9.50. The van der Waals surface area contributed by atoms with Gasteiger partial charge in [0, 0.05) is 19.2 Å². The van der Waals surface area contributed by atoms with Gasteiger partial charge < -0.3 is 5.32 Å². The van der Waals surface area contributed by atoms with E-state index in [-0.39, 0.29) is 47.4 Å². The first-order chi connectivity index (χ1) is 13.7. The molecule has 1 aliphatic heterocycles. The van der Waals surface area contributed by atoms with E-state index in [2.05, 4.69) is 10.3 Å². The molecule has 4 rings (SSSR count). The van der Waals surface area contributed by atoms with Crippen LogP contribution in [-0.2, 0) is 24.2 Å². The molecule has 0 spiro atoms. The van der Waals surface area contributed by atoms with Crippen molar-refractivity contribution in [3.63, 3.8) is 0 Å². The van der Waals surface area contributed by atoms with Crippen LogP contribution in [-0.4, -0.2) is 48.8 Å². The van der Waals surface area contributed by atoms with Gasteiger partial charge in [0.1, 0.15) is 0 Å². The second-order valence-corrected chi connectivity index (χ2v) is 10.6. The van der Waals surface area contributed by atoms with Gasteiger partial charge in [-0.2, -0.15) is 0 Å². The van der Waals surface area contributed by atoms with Crippen molar-refractivity contribution in [2.45, 2.75) is 37.0 Å². The molecule has 29 heavy (non-hydrogen) atoms. The van der Waals surface area contributed by atoms with E-state index >= 15 is 0 Å². The van der Waals surface area contributed by atoms with E-state index in [0.29, 0.717) is 15.3 Å². The molecule has 2 aliphatic rings. The van der Waals surface area contributed by atoms with Crippen LogP contribution < -0.4 is 5.32 Å². The van der Waals surface area contributed by atoms with Crippen molar-refractivity contribution in [3.8, 4) is 0 Å². The van der Waals surface area contributed by atoms with Crippen molar-refractivity contribution in [1.82, 2.24) is 9.88 Å². The van der Waals surface area contributed by atoms with Gasteiger partial charge in [-0.1, -0.05) is 24.2 Å². The van der Waals surface area contributed by atoms with Crippen molar-refractivity contribution in [3.05, 3.63) is 18.2 Å². The molecule has 2 atom stereocenters. The van der Waals surface area contributed by atoms with E-state index in [4.69, 9.17) is 0 Å². The van der Waals surface area contributed by atoms with Crippen LogP contribution in [0.1, 0.15) is 32.1 Å². The minimum absolute atomic E-state index is 0.00142. The average Bonchev–Trinajstić information content (AvgIpc) is 3.18. The number of carbonyl (C=O) groups is 3. The number of hydrogen-bond donors (Lipinski definition) is 1. The Labute approximate surface area is 172 Å². The van der Waals surface area contributed by atoms with E-state index in [9.17, 15) is 22.8 Å². The Kier molecular flexibility index (Phi) is 5.16. The van der Waals surface area contributed by atoms with Crippen LogP contribution in [0.4, 0.5) is 5.13 Å². The van der Waals surface area contributed by atoms with Gasteiger partial charge in [0.25, 0.3) is 0 Å². The van der Waals surface area contributed by atoms with Crippen LogP contribution in [0.15, 0.2) is 23.1 Å². The van der Waals surface area contributed by atoms with Crippen LogP contribution in [0.3, 0.4) is 0 Å². The van der Waals surface area contributed by atoms with Crippen LogP contribution >= 0.6 is 11.3 Å². The fourth-order valence-electron chi connectivity index (χ4n) is 4.04. The number of hydrogen-bond acceptors (Lipinski definition) is 7. The Morgan fingerprint density at radius 1 is 1.21 bits per heavy atom. The number of sulfone groups is 1. The summed E-state index contributed by atoms with van der Waals surface area (Å²) in [6, 6.07) is 4.61. The molecule has 1 aliphatic carbocycles. The number of rotatable bonds is 5. The Morgan fingerprint density at radius 2 is 1.86 bits per heavy atom. The van der Waals surface area contributed by atoms with Gasteiger partial charge in [0.2, 0.25) is 17.7 Å². The Hall–Kier alpha value is -2.33. The largest absolute Gasteiger partial charge is 0.302 e. The summed E-state index contributed by atoms with van der Waals surface area (Å²) in [6.45, 7) is 0.0691. The molecule has 0 radical (unpaired) electrons. The molecule has 1 saturated heterocycles. The molecule has 2 fully saturated rings. The number of nitrogens with zero attached hydrogens (tertiary/aromatic N) is 2. The zero-order valence-corrected chi connectivity index (χ0v) is 17.5. The van der Waals surface area contributed by atoms with Crippen LogP contribution in [0.5, 0.6) is 0 Å². The van der Waals surface area contributed by atoms with Crippen LogP contribution in [0, 0.1) is 11.8 Å². The SMILES string of the molecule is CS(=O)(=O)c1ccc2nc(NC(=O)CCN3C(=O)[C@@H]4CCCC[C@H]4C3=O)sc2c1. The molecule has 1 aromatic carbocycles. The summed E-state index contributed by atoms with van der Waals surface area (Å²) < 4.78 is 24.0. The van der Waals surface area contributed by atoms with Gasteiger partial charge in [-0.05, 0) is 31.0 Å². The number of likely N-dealkylation sites (tertiary alicyclic amines) is 1. The summed E-state index contributed by atoms with van der Waals surface area (Å²) >= 11 is 1.18. The van der Waals surface area contributed by atoms with Crippen molar-refractivity contribution >= 4 is 54.2 Å². The fraction of sp³-hybridized carbons (Fsp3) is 0.474. The number of fused-ring (bicyclic) bond motifs is 2. The van der Waals surface area contributed by atoms with Crippen LogP contribution in [0.2, 0.25) is 0 Å². The maximum Gasteiger partial charge on any atom is 0.233 e. The highest BCUT2D eigenvalue weighted by Gasteiger charge is 2.47. The van der Waals surface area contributed by atoms with Crippen molar-refractivity contribution in [2.75, 3.05) is 18.1 Å². The summed E-state index contributed by atoms with van der Waals surface area (Å²) in [5.74, 6) is -1.08. The monoisotopic (exact) mass is 435 g/mol. The van der Waals surface area contributed by atoms with Gasteiger partial charge >= 0.3 is 0 Å². The summed E-state index contributed by atoms with van der Waals surface area (Å²) in [5, 5.41) is 3.03. The first kappa shape index (κ1) is 20.0. The first-order valence-corrected chi connectivity index (χ1v) is 12.2. The number of amides is 3. The fourth-order valence-corrected chi connectivity index (χ4v) is 5.68. The Bertz CT molecular complexity index is 1080. The predicted molar refractivity (Wildman–Crippen MR) is 108 cm³/mol. The number of thiazole rings is 1. The lowest BCUT2D eigenvalue weighted by atomic mass is 9.81. The van der Waals surface area contributed by atoms with Gasteiger partial charge in [-0.25, -0.2) is 13.4 Å². The third kappa shape index (κ3) is 3.91. The number of aromatic nitrogens is 1. The van der Waals surface area contributed by atoms with Crippen LogP contribution in [0.25, 0.3) is 10.2 Å². The maximum atomic E-state index is 12.5. The highest BCUT2D eigenvalue weighted by atomic mass is 32.2. The molecule has 3 amide bonds. The van der Waals surface area contributed by atoms with Crippen molar-refractivity contribution in [2.24, 2.45) is 11.8 Å². The number of benzene rings is 1. The average molecular weight is 436 g/mol. The number of carbonyl (C=O) groups excluding carboxylic acids is 3. The molecule has 1 N–H and O–H groups in total. The summed E-state index contributed by atoms with van der Waals surface area (Å²) in [7, 11) is -3.32. The number of anilines is 1. The van der Waals surface area contributed by atoms with Crippen molar-refractivity contribution in [1.29, 1.82) is 0 Å². The summed E-state index contributed by atoms with van der Waals surface area (Å²) in [4.78, 5) is 43.0. The van der Waals surface area contributed by atoms with Gasteiger partial charge in [0.05, 0.1) is 26.9 Å². The normalized spacial score (nSPS) is 22.2. The molecular formula is C19H21N3O5S2. The van der Waals surface area contributed by atoms with Gasteiger partial charge in [-0.15, -0.1) is 0 Å². The summed E-state index contributed by atoms with van der Waals surface area (Å²) in [5.41, 5.74) is 0.590. The quantitative estimate of drug-likeness (QED) is 0.721. The number of imide groups is 1. The van der Waals surface area contributed by atoms with E-state index < -0.39 is 9.84 Å². The molecule has 8 nitrogen and oxygen atoms in total. The molecular weight excluding hydrogens is 414 g/mol. The minimum Gasteiger partial charge on any atom is -0.302 e. The molecule has 10 heteroatoms. The summed E-state index contributed by atoms with van der Waals surface area (Å²) in [6.07, 6.45) is 4.56.